The van der Waals surface area contributed by atoms with Gasteiger partial charge in [-0.1, -0.05) is 30.3 Å². The van der Waals surface area contributed by atoms with E-state index in [9.17, 15) is 4.79 Å². The monoisotopic (exact) mass is 423 g/mol. The van der Waals surface area contributed by atoms with Crippen LogP contribution in [0.5, 0.6) is 17.2 Å². The highest BCUT2D eigenvalue weighted by atomic mass is 32.2. The van der Waals surface area contributed by atoms with Crippen molar-refractivity contribution in [2.45, 2.75) is 17.6 Å². The zero-order valence-electron chi connectivity index (χ0n) is 17.5. The summed E-state index contributed by atoms with van der Waals surface area (Å²) >= 11 is 1.78. The van der Waals surface area contributed by atoms with Crippen LogP contribution in [0.1, 0.15) is 21.5 Å². The number of carbonyl (C=O) groups excluding carboxylic acids is 1. The molecule has 0 fully saturated rings. The molecule has 0 saturated heterocycles. The van der Waals surface area contributed by atoms with Crippen molar-refractivity contribution >= 4 is 23.4 Å². The lowest BCUT2D eigenvalue weighted by molar-refractivity contribution is 0.102. The van der Waals surface area contributed by atoms with Crippen LogP contribution in [-0.4, -0.2) is 27.2 Å². The number of hydrogen-bond donors (Lipinski definition) is 1. The number of nitrogens with one attached hydrogen (secondary N) is 1. The molecule has 1 amide bonds. The summed E-state index contributed by atoms with van der Waals surface area (Å²) in [6.07, 6.45) is 0. The Morgan fingerprint density at radius 3 is 2.13 bits per heavy atom. The number of hydrogen-bond acceptors (Lipinski definition) is 5. The molecule has 0 bridgehead atoms. The molecule has 0 heterocycles. The van der Waals surface area contributed by atoms with E-state index in [0.717, 1.165) is 17.0 Å². The summed E-state index contributed by atoms with van der Waals surface area (Å²) in [4.78, 5) is 14.1. The molecule has 0 atom stereocenters. The lowest BCUT2D eigenvalue weighted by atomic mass is 10.1. The molecule has 3 aromatic rings. The average molecular weight is 424 g/mol. The first-order valence-corrected chi connectivity index (χ1v) is 10.4. The fourth-order valence-corrected chi connectivity index (χ4v) is 3.91. The van der Waals surface area contributed by atoms with Crippen LogP contribution in [0.3, 0.4) is 0 Å². The first kappa shape index (κ1) is 21.6. The minimum atomic E-state index is -0.247. The van der Waals surface area contributed by atoms with Crippen molar-refractivity contribution in [3.63, 3.8) is 0 Å². The highest BCUT2D eigenvalue weighted by Gasteiger charge is 2.17. The van der Waals surface area contributed by atoms with Crippen LogP contribution < -0.4 is 19.5 Å². The van der Waals surface area contributed by atoms with Gasteiger partial charge in [-0.05, 0) is 48.4 Å². The van der Waals surface area contributed by atoms with E-state index < -0.39 is 0 Å². The minimum absolute atomic E-state index is 0.247. The van der Waals surface area contributed by atoms with Crippen LogP contribution in [0.2, 0.25) is 0 Å². The molecule has 3 rings (SSSR count). The molecule has 0 spiro atoms. The second-order valence-corrected chi connectivity index (χ2v) is 7.67. The summed E-state index contributed by atoms with van der Waals surface area (Å²) in [6, 6.07) is 19.6. The van der Waals surface area contributed by atoms with Crippen molar-refractivity contribution in [1.29, 1.82) is 0 Å². The van der Waals surface area contributed by atoms with E-state index in [2.05, 4.69) is 23.5 Å². The van der Waals surface area contributed by atoms with Gasteiger partial charge in [0.1, 0.15) is 0 Å². The zero-order valence-corrected chi connectivity index (χ0v) is 18.3. The number of aryl methyl sites for hydroxylation is 1. The number of rotatable bonds is 8. The summed E-state index contributed by atoms with van der Waals surface area (Å²) in [7, 11) is 4.58. The van der Waals surface area contributed by atoms with Crippen LogP contribution in [0.4, 0.5) is 5.69 Å². The molecule has 0 aliphatic rings. The summed E-state index contributed by atoms with van der Waals surface area (Å²) in [5.74, 6) is 1.95. The van der Waals surface area contributed by atoms with Crippen molar-refractivity contribution in [3.8, 4) is 17.2 Å². The van der Waals surface area contributed by atoms with E-state index in [0.29, 0.717) is 22.8 Å². The number of methoxy groups -OCH3 is 3. The van der Waals surface area contributed by atoms with Gasteiger partial charge in [-0.25, -0.2) is 0 Å². The maximum absolute atomic E-state index is 12.8. The standard InChI is InChI=1S/C24H25NO4S/c1-16-12-17(15-30-19-8-6-5-7-9-19)10-11-20(16)25-24(26)18-13-21(27-2)23(29-4)22(14-18)28-3/h5-14H,15H2,1-4H3,(H,25,26). The van der Waals surface area contributed by atoms with Crippen LogP contribution in [0.15, 0.2) is 65.6 Å². The van der Waals surface area contributed by atoms with Gasteiger partial charge in [-0.15, -0.1) is 11.8 Å². The van der Waals surface area contributed by atoms with E-state index in [4.69, 9.17) is 14.2 Å². The molecular weight excluding hydrogens is 398 g/mol. The van der Waals surface area contributed by atoms with Crippen LogP contribution in [-0.2, 0) is 5.75 Å². The van der Waals surface area contributed by atoms with Gasteiger partial charge in [0.25, 0.3) is 5.91 Å². The SMILES string of the molecule is COc1cc(C(=O)Nc2ccc(CSc3ccccc3)cc2C)cc(OC)c1OC. The zero-order chi connectivity index (χ0) is 21.5. The first-order chi connectivity index (χ1) is 14.5. The molecule has 0 aliphatic heterocycles. The van der Waals surface area contributed by atoms with Crippen molar-refractivity contribution < 1.29 is 19.0 Å². The lowest BCUT2D eigenvalue weighted by Gasteiger charge is -2.15. The van der Waals surface area contributed by atoms with E-state index in [1.54, 1.807) is 23.9 Å². The normalized spacial score (nSPS) is 10.4. The fourth-order valence-electron chi connectivity index (χ4n) is 3.05. The summed E-state index contributed by atoms with van der Waals surface area (Å²) in [5, 5.41) is 2.97. The smallest absolute Gasteiger partial charge is 0.255 e. The molecule has 5 nitrogen and oxygen atoms in total. The Morgan fingerprint density at radius 1 is 0.900 bits per heavy atom. The molecule has 1 N–H and O–H groups in total. The van der Waals surface area contributed by atoms with Crippen LogP contribution in [0.25, 0.3) is 0 Å². The van der Waals surface area contributed by atoms with Gasteiger partial charge < -0.3 is 19.5 Å². The van der Waals surface area contributed by atoms with Gasteiger partial charge in [0.15, 0.2) is 11.5 Å². The minimum Gasteiger partial charge on any atom is -0.493 e. The Morgan fingerprint density at radius 2 is 1.57 bits per heavy atom. The quantitative estimate of drug-likeness (QED) is 0.480. The third-order valence-electron chi connectivity index (χ3n) is 4.61. The van der Waals surface area contributed by atoms with Gasteiger partial charge >= 0.3 is 0 Å². The van der Waals surface area contributed by atoms with Gasteiger partial charge in [-0.2, -0.15) is 0 Å². The van der Waals surface area contributed by atoms with Gasteiger partial charge in [-0.3, -0.25) is 4.79 Å². The number of anilines is 1. The Balaban J connectivity index is 1.74. The molecule has 0 unspecified atom stereocenters. The third-order valence-corrected chi connectivity index (χ3v) is 5.70. The van der Waals surface area contributed by atoms with Gasteiger partial charge in [0.05, 0.1) is 21.3 Å². The number of carbonyl (C=O) groups is 1. The molecule has 0 radical (unpaired) electrons. The topological polar surface area (TPSA) is 56.8 Å². The highest BCUT2D eigenvalue weighted by Crippen LogP contribution is 2.38. The number of benzene rings is 3. The number of amides is 1. The Labute approximate surface area is 181 Å². The number of thioether (sulfide) groups is 1. The largest absolute Gasteiger partial charge is 0.493 e. The van der Waals surface area contributed by atoms with E-state index in [1.807, 2.05) is 37.3 Å². The van der Waals surface area contributed by atoms with E-state index in [1.165, 1.54) is 31.8 Å². The molecule has 6 heteroatoms. The molecule has 3 aromatic carbocycles. The van der Waals surface area contributed by atoms with Crippen molar-refractivity contribution in [2.75, 3.05) is 26.6 Å². The summed E-state index contributed by atoms with van der Waals surface area (Å²) in [6.45, 7) is 1.99. The molecular formula is C24H25NO4S. The maximum Gasteiger partial charge on any atom is 0.255 e. The Kier molecular flexibility index (Phi) is 7.25. The maximum atomic E-state index is 12.8. The van der Waals surface area contributed by atoms with Crippen LogP contribution >= 0.6 is 11.8 Å². The third kappa shape index (κ3) is 5.07. The predicted octanol–water partition coefficient (Wildman–Crippen LogP) is 5.57. The fraction of sp³-hybridized carbons (Fsp3) is 0.208. The molecule has 0 aliphatic carbocycles. The van der Waals surface area contributed by atoms with Crippen LogP contribution in [0, 0.1) is 6.92 Å². The Bertz CT molecular complexity index is 996. The predicted molar refractivity (Wildman–Crippen MR) is 121 cm³/mol. The van der Waals surface area contributed by atoms with Gasteiger partial charge in [0, 0.05) is 21.9 Å². The van der Waals surface area contributed by atoms with Crippen molar-refractivity contribution in [2.24, 2.45) is 0 Å². The Hall–Kier alpha value is -3.12. The second-order valence-electron chi connectivity index (χ2n) is 6.62. The van der Waals surface area contributed by atoms with Crippen molar-refractivity contribution in [3.05, 3.63) is 77.4 Å². The molecule has 0 aromatic heterocycles. The molecule has 0 saturated carbocycles. The lowest BCUT2D eigenvalue weighted by Crippen LogP contribution is -2.13. The summed E-state index contributed by atoms with van der Waals surface area (Å²) in [5.41, 5.74) is 3.39. The molecule has 30 heavy (non-hydrogen) atoms. The van der Waals surface area contributed by atoms with Gasteiger partial charge in [0.2, 0.25) is 5.75 Å². The summed E-state index contributed by atoms with van der Waals surface area (Å²) < 4.78 is 16.0. The second kappa shape index (κ2) is 10.1. The number of ether oxygens (including phenoxy) is 3. The van der Waals surface area contributed by atoms with Crippen molar-refractivity contribution in [1.82, 2.24) is 0 Å². The van der Waals surface area contributed by atoms with E-state index in [-0.39, 0.29) is 5.91 Å². The molecule has 156 valence electrons. The van der Waals surface area contributed by atoms with E-state index >= 15 is 0 Å². The highest BCUT2D eigenvalue weighted by molar-refractivity contribution is 7.98. The first-order valence-electron chi connectivity index (χ1n) is 9.44. The average Bonchev–Trinajstić information content (AvgIpc) is 2.78.